The molecule has 3 heterocycles. The number of H-pyrrole nitrogens is 1. The van der Waals surface area contributed by atoms with Crippen LogP contribution in [0.15, 0.2) is 34.9 Å². The van der Waals surface area contributed by atoms with Gasteiger partial charge in [-0.3, -0.25) is 9.89 Å². The van der Waals surface area contributed by atoms with E-state index in [1.54, 1.807) is 30.3 Å². The van der Waals surface area contributed by atoms with Crippen molar-refractivity contribution < 1.29 is 19.2 Å². The summed E-state index contributed by atoms with van der Waals surface area (Å²) < 4.78 is 10.7. The van der Waals surface area contributed by atoms with E-state index in [-0.39, 0.29) is 17.8 Å². The number of carbonyl (C=O) groups is 1. The minimum absolute atomic E-state index is 0.107. The maximum absolute atomic E-state index is 12.2. The Balaban J connectivity index is 1.32. The van der Waals surface area contributed by atoms with Crippen LogP contribution in [0.2, 0.25) is 0 Å². The van der Waals surface area contributed by atoms with E-state index in [4.69, 9.17) is 9.26 Å². The lowest BCUT2D eigenvalue weighted by molar-refractivity contribution is 0.0835. The molecule has 0 bridgehead atoms. The third kappa shape index (κ3) is 3.82. The summed E-state index contributed by atoms with van der Waals surface area (Å²) in [5.41, 5.74) is 1.36. The van der Waals surface area contributed by atoms with Gasteiger partial charge in [-0.1, -0.05) is 17.3 Å². The van der Waals surface area contributed by atoms with Gasteiger partial charge in [0, 0.05) is 25.1 Å². The van der Waals surface area contributed by atoms with Crippen molar-refractivity contribution in [2.75, 3.05) is 13.2 Å². The molecule has 4 rings (SSSR count). The molecule has 0 aliphatic carbocycles. The topological polar surface area (TPSA) is 126 Å². The Morgan fingerprint density at radius 3 is 3.07 bits per heavy atom. The lowest BCUT2D eigenvalue weighted by atomic mass is 10.1. The minimum atomic E-state index is -0.299. The minimum Gasteiger partial charge on any atom is -0.507 e. The zero-order chi connectivity index (χ0) is 18.6. The fourth-order valence-corrected chi connectivity index (χ4v) is 2.92. The molecule has 9 nitrogen and oxygen atoms in total. The second kappa shape index (κ2) is 7.58. The van der Waals surface area contributed by atoms with Gasteiger partial charge in [-0.25, -0.2) is 0 Å². The molecule has 140 valence electrons. The number of hydrogen-bond acceptors (Lipinski definition) is 7. The first-order valence-electron chi connectivity index (χ1n) is 8.77. The number of benzene rings is 1. The Bertz CT molecular complexity index is 929. The van der Waals surface area contributed by atoms with Gasteiger partial charge in [-0.15, -0.1) is 0 Å². The molecule has 0 radical (unpaired) electrons. The number of nitrogens with one attached hydrogen (secondary N) is 2. The first-order chi connectivity index (χ1) is 13.2. The van der Waals surface area contributed by atoms with Crippen molar-refractivity contribution in [3.05, 3.63) is 47.7 Å². The number of nitrogens with zero attached hydrogens (tertiary/aromatic N) is 3. The highest BCUT2D eigenvalue weighted by Crippen LogP contribution is 2.28. The summed E-state index contributed by atoms with van der Waals surface area (Å²) in [7, 11) is 0. The van der Waals surface area contributed by atoms with E-state index >= 15 is 0 Å². The summed E-state index contributed by atoms with van der Waals surface area (Å²) in [5, 5.41) is 23.3. The van der Waals surface area contributed by atoms with Crippen LogP contribution in [0.1, 0.15) is 41.1 Å². The molecular formula is C18H19N5O4. The third-order valence-corrected chi connectivity index (χ3v) is 4.33. The maximum atomic E-state index is 12.2. The molecule has 1 saturated heterocycles. The average molecular weight is 369 g/mol. The van der Waals surface area contributed by atoms with Crippen molar-refractivity contribution in [1.82, 2.24) is 25.7 Å². The van der Waals surface area contributed by atoms with Gasteiger partial charge < -0.3 is 19.7 Å². The molecule has 27 heavy (non-hydrogen) atoms. The van der Waals surface area contributed by atoms with Gasteiger partial charge in [0.15, 0.2) is 5.82 Å². The Kier molecular flexibility index (Phi) is 4.84. The van der Waals surface area contributed by atoms with E-state index < -0.39 is 0 Å². The van der Waals surface area contributed by atoms with Gasteiger partial charge in [0.25, 0.3) is 11.8 Å². The largest absolute Gasteiger partial charge is 0.507 e. The highest BCUT2D eigenvalue weighted by molar-refractivity contribution is 5.93. The Labute approximate surface area is 154 Å². The van der Waals surface area contributed by atoms with Crippen LogP contribution in [-0.4, -0.2) is 44.5 Å². The number of aromatic amines is 1. The van der Waals surface area contributed by atoms with Gasteiger partial charge in [-0.05, 0) is 31.0 Å². The van der Waals surface area contributed by atoms with Crippen LogP contribution in [0.5, 0.6) is 5.75 Å². The first kappa shape index (κ1) is 17.2. The molecule has 3 N–H and O–H groups in total. The van der Waals surface area contributed by atoms with Crippen molar-refractivity contribution in [2.24, 2.45) is 0 Å². The standard InChI is InChI=1S/C18H19N5O4/c24-14-5-2-1-4-11(14)12-10-13(22-21-12)17(25)19-8-7-16-20-18(27-23-16)15-6-3-9-26-15/h1-2,4-5,10,15,24H,3,6-9H2,(H,19,25)(H,21,22)/t15-/m1/s1. The number of para-hydroxylation sites is 1. The molecule has 9 heteroatoms. The van der Waals surface area contributed by atoms with Crippen molar-refractivity contribution in [3.8, 4) is 17.0 Å². The monoisotopic (exact) mass is 369 g/mol. The fourth-order valence-electron chi connectivity index (χ4n) is 2.92. The lowest BCUT2D eigenvalue weighted by Gasteiger charge is -2.01. The average Bonchev–Trinajstić information content (AvgIpc) is 3.43. The number of aromatic hydroxyl groups is 1. The summed E-state index contributed by atoms with van der Waals surface area (Å²) in [6, 6.07) is 8.41. The number of aromatic nitrogens is 4. The molecule has 0 spiro atoms. The van der Waals surface area contributed by atoms with E-state index in [2.05, 4.69) is 25.7 Å². The second-order valence-electron chi connectivity index (χ2n) is 6.24. The van der Waals surface area contributed by atoms with Crippen LogP contribution in [0.25, 0.3) is 11.3 Å². The number of hydrogen-bond donors (Lipinski definition) is 3. The molecule has 1 aliphatic rings. The number of amides is 1. The molecule has 3 aromatic rings. The van der Waals surface area contributed by atoms with E-state index in [0.717, 1.165) is 12.8 Å². The van der Waals surface area contributed by atoms with E-state index in [0.29, 0.717) is 48.2 Å². The highest BCUT2D eigenvalue weighted by Gasteiger charge is 2.23. The number of phenolic OH excluding ortho intramolecular Hbond substituents is 1. The summed E-state index contributed by atoms with van der Waals surface area (Å²) in [6.07, 6.45) is 2.21. The molecule has 1 aromatic carbocycles. The zero-order valence-corrected chi connectivity index (χ0v) is 14.5. The first-order valence-corrected chi connectivity index (χ1v) is 8.77. The van der Waals surface area contributed by atoms with Crippen LogP contribution >= 0.6 is 0 Å². The lowest BCUT2D eigenvalue weighted by Crippen LogP contribution is -2.26. The normalized spacial score (nSPS) is 16.5. The number of phenols is 1. The Hall–Kier alpha value is -3.20. The van der Waals surface area contributed by atoms with Gasteiger partial charge in [0.05, 0.1) is 5.69 Å². The van der Waals surface area contributed by atoms with E-state index in [1.807, 2.05) is 0 Å². The summed E-state index contributed by atoms with van der Waals surface area (Å²) in [4.78, 5) is 16.6. The fraction of sp³-hybridized carbons (Fsp3) is 0.333. The maximum Gasteiger partial charge on any atom is 0.269 e. The van der Waals surface area contributed by atoms with Crippen LogP contribution in [-0.2, 0) is 11.2 Å². The van der Waals surface area contributed by atoms with Crippen molar-refractivity contribution in [1.29, 1.82) is 0 Å². The zero-order valence-electron chi connectivity index (χ0n) is 14.5. The molecule has 2 aromatic heterocycles. The molecule has 1 amide bonds. The molecule has 0 unspecified atom stereocenters. The third-order valence-electron chi connectivity index (χ3n) is 4.33. The Morgan fingerprint density at radius 2 is 2.26 bits per heavy atom. The predicted molar refractivity (Wildman–Crippen MR) is 94.0 cm³/mol. The summed E-state index contributed by atoms with van der Waals surface area (Å²) >= 11 is 0. The summed E-state index contributed by atoms with van der Waals surface area (Å²) in [5.74, 6) is 0.831. The van der Waals surface area contributed by atoms with Crippen LogP contribution in [0.3, 0.4) is 0 Å². The van der Waals surface area contributed by atoms with Gasteiger partial charge in [-0.2, -0.15) is 10.1 Å². The van der Waals surface area contributed by atoms with Crippen LogP contribution in [0, 0.1) is 0 Å². The second-order valence-corrected chi connectivity index (χ2v) is 6.24. The molecule has 1 fully saturated rings. The number of rotatable bonds is 6. The van der Waals surface area contributed by atoms with Crippen molar-refractivity contribution in [2.45, 2.75) is 25.4 Å². The van der Waals surface area contributed by atoms with E-state index in [9.17, 15) is 9.90 Å². The molecule has 1 aliphatic heterocycles. The van der Waals surface area contributed by atoms with Crippen molar-refractivity contribution >= 4 is 5.91 Å². The molecule has 1 atom stereocenters. The Morgan fingerprint density at radius 1 is 1.37 bits per heavy atom. The predicted octanol–water partition coefficient (Wildman–Crippen LogP) is 1.99. The summed E-state index contributed by atoms with van der Waals surface area (Å²) in [6.45, 7) is 1.07. The van der Waals surface area contributed by atoms with E-state index in [1.165, 1.54) is 0 Å². The van der Waals surface area contributed by atoms with Crippen LogP contribution < -0.4 is 5.32 Å². The molecular weight excluding hydrogens is 350 g/mol. The SMILES string of the molecule is O=C(NCCc1noc([C@H]2CCCO2)n1)c1cc(-c2ccccc2O)n[nH]1. The van der Waals surface area contributed by atoms with Gasteiger partial charge in [0.1, 0.15) is 17.5 Å². The van der Waals surface area contributed by atoms with Crippen LogP contribution in [0.4, 0.5) is 0 Å². The molecule has 0 saturated carbocycles. The van der Waals surface area contributed by atoms with Gasteiger partial charge >= 0.3 is 0 Å². The number of ether oxygens (including phenoxy) is 1. The number of carbonyl (C=O) groups excluding carboxylic acids is 1. The smallest absolute Gasteiger partial charge is 0.269 e. The highest BCUT2D eigenvalue weighted by atomic mass is 16.5. The van der Waals surface area contributed by atoms with Gasteiger partial charge in [0.2, 0.25) is 0 Å². The quantitative estimate of drug-likeness (QED) is 0.606. The van der Waals surface area contributed by atoms with Crippen molar-refractivity contribution in [3.63, 3.8) is 0 Å².